The topological polar surface area (TPSA) is 101 Å². The minimum atomic E-state index is -2.72. The first-order chi connectivity index (χ1) is 21.6. The molecule has 0 aliphatic heterocycles. The second-order valence-corrected chi connectivity index (χ2v) is 17.3. The van der Waals surface area contributed by atoms with E-state index in [1.807, 2.05) is 13.8 Å². The molecule has 0 spiro atoms. The number of anilines is 1. The Kier molecular flexibility index (Phi) is 8.33. The van der Waals surface area contributed by atoms with Crippen molar-refractivity contribution in [1.29, 1.82) is 0 Å². The lowest BCUT2D eigenvalue weighted by atomic mass is 9.91. The van der Waals surface area contributed by atoms with Crippen molar-refractivity contribution in [3.8, 4) is 0 Å². The molecule has 2 aromatic carbocycles. The van der Waals surface area contributed by atoms with Crippen molar-refractivity contribution >= 4 is 41.5 Å². The maximum Gasteiger partial charge on any atom is 0.266 e. The van der Waals surface area contributed by atoms with Crippen LogP contribution >= 0.6 is 0 Å². The molecule has 3 heterocycles. The molecular weight excluding hydrogens is 581 g/mol. The van der Waals surface area contributed by atoms with Gasteiger partial charge >= 0.3 is 0 Å². The second kappa shape index (κ2) is 12.2. The van der Waals surface area contributed by atoms with Gasteiger partial charge in [-0.15, -0.1) is 0 Å². The smallest absolute Gasteiger partial charge is 0.266 e. The molecular formula is C36H40N4O4Si. The van der Waals surface area contributed by atoms with E-state index < -0.39 is 14.2 Å². The number of benzene rings is 2. The van der Waals surface area contributed by atoms with Crippen molar-refractivity contribution in [1.82, 2.24) is 15.1 Å². The number of hydrogen-bond donors (Lipinski definition) is 1. The highest BCUT2D eigenvalue weighted by Gasteiger charge is 2.52. The summed E-state index contributed by atoms with van der Waals surface area (Å²) in [6.07, 6.45) is 6.01. The van der Waals surface area contributed by atoms with Crippen LogP contribution in [0.2, 0.25) is 5.04 Å². The number of carbonyl (C=O) groups is 1. The van der Waals surface area contributed by atoms with Gasteiger partial charge in [-0.2, -0.15) is 0 Å². The summed E-state index contributed by atoms with van der Waals surface area (Å²) >= 11 is 0. The number of nitrogens with zero attached hydrogens (tertiary/aromatic N) is 3. The van der Waals surface area contributed by atoms with Gasteiger partial charge in [0.15, 0.2) is 0 Å². The Hall–Kier alpha value is -4.34. The monoisotopic (exact) mass is 620 g/mol. The van der Waals surface area contributed by atoms with E-state index in [1.165, 1.54) is 16.6 Å². The van der Waals surface area contributed by atoms with Crippen LogP contribution in [0.15, 0.2) is 94.5 Å². The highest BCUT2D eigenvalue weighted by molar-refractivity contribution is 6.99. The van der Waals surface area contributed by atoms with Gasteiger partial charge in [-0.1, -0.05) is 86.6 Å². The predicted molar refractivity (Wildman–Crippen MR) is 180 cm³/mol. The molecule has 232 valence electrons. The predicted octanol–water partition coefficient (Wildman–Crippen LogP) is 6.06. The van der Waals surface area contributed by atoms with Gasteiger partial charge in [0.1, 0.15) is 11.2 Å². The number of hydrogen-bond acceptors (Lipinski definition) is 6. The molecule has 1 amide bonds. The summed E-state index contributed by atoms with van der Waals surface area (Å²) in [5.41, 5.74) is 1.63. The number of rotatable bonds is 7. The Morgan fingerprint density at radius 2 is 1.56 bits per heavy atom. The van der Waals surface area contributed by atoms with E-state index in [0.717, 1.165) is 18.4 Å². The normalized spacial score (nSPS) is 17.4. The average Bonchev–Trinajstić information content (AvgIpc) is 3.38. The van der Waals surface area contributed by atoms with E-state index in [-0.39, 0.29) is 28.2 Å². The number of pyridine rings is 2. The van der Waals surface area contributed by atoms with E-state index in [4.69, 9.17) is 8.95 Å². The SMILES string of the molecule is Cc1noc(N(C(=O)c2c[nH]c3ncccc3c2=O)[C@H]2CC[C@H](O[Si](c3ccccc3)(c3ccccc3)C(C)(C)C)CC2)c1C. The molecule has 0 bridgehead atoms. The first-order valence-electron chi connectivity index (χ1n) is 15.6. The maximum atomic E-state index is 14.3. The van der Waals surface area contributed by atoms with Crippen LogP contribution in [-0.2, 0) is 4.43 Å². The van der Waals surface area contributed by atoms with Crippen LogP contribution in [0.3, 0.4) is 0 Å². The highest BCUT2D eigenvalue weighted by atomic mass is 28.4. The number of carbonyl (C=O) groups excluding carboxylic acids is 1. The van der Waals surface area contributed by atoms with Gasteiger partial charge in [0.25, 0.3) is 14.2 Å². The van der Waals surface area contributed by atoms with Crippen LogP contribution in [0.4, 0.5) is 5.88 Å². The van der Waals surface area contributed by atoms with E-state index in [1.54, 1.807) is 23.2 Å². The average molecular weight is 621 g/mol. The van der Waals surface area contributed by atoms with Crippen molar-refractivity contribution in [3.63, 3.8) is 0 Å². The number of aromatic nitrogens is 3. The molecule has 0 atom stereocenters. The van der Waals surface area contributed by atoms with Crippen LogP contribution < -0.4 is 20.7 Å². The fourth-order valence-electron chi connectivity index (χ4n) is 6.76. The minimum absolute atomic E-state index is 0.0113. The van der Waals surface area contributed by atoms with Crippen LogP contribution in [0, 0.1) is 13.8 Å². The van der Waals surface area contributed by atoms with Crippen LogP contribution in [0.5, 0.6) is 0 Å². The Bertz CT molecular complexity index is 1820. The first kappa shape index (κ1) is 30.7. The Morgan fingerprint density at radius 1 is 0.933 bits per heavy atom. The summed E-state index contributed by atoms with van der Waals surface area (Å²) < 4.78 is 13.2. The van der Waals surface area contributed by atoms with Crippen molar-refractivity contribution in [2.24, 2.45) is 0 Å². The van der Waals surface area contributed by atoms with Gasteiger partial charge < -0.3 is 13.9 Å². The van der Waals surface area contributed by atoms with Gasteiger partial charge in [0, 0.05) is 30.1 Å². The quantitative estimate of drug-likeness (QED) is 0.222. The molecule has 3 aromatic heterocycles. The number of aromatic amines is 1. The van der Waals surface area contributed by atoms with Crippen LogP contribution in [0.25, 0.3) is 11.0 Å². The number of H-pyrrole nitrogens is 1. The number of aryl methyl sites for hydroxylation is 1. The van der Waals surface area contributed by atoms with Gasteiger partial charge in [0.2, 0.25) is 11.3 Å². The van der Waals surface area contributed by atoms with E-state index >= 15 is 0 Å². The molecule has 1 aliphatic carbocycles. The standard InChI is InChI=1S/C36H40N4O4Si/c1-24-25(2)39-43-35(24)40(34(42)31-23-38-33-30(32(31)41)17-12-22-37-33)26-18-20-27(21-19-26)44-45(36(3,4)5,28-13-8-6-9-14-28)29-15-10-7-11-16-29/h6-17,22-23,26-27H,18-21H2,1-5H3,(H,37,38,41)/t26-,27-. The Morgan fingerprint density at radius 3 is 2.11 bits per heavy atom. The molecule has 1 aliphatic rings. The summed E-state index contributed by atoms with van der Waals surface area (Å²) in [6.45, 7) is 10.6. The van der Waals surface area contributed by atoms with E-state index in [2.05, 4.69) is 96.6 Å². The van der Waals surface area contributed by atoms with Crippen molar-refractivity contribution in [2.45, 2.75) is 77.5 Å². The molecule has 1 fully saturated rings. The summed E-state index contributed by atoms with van der Waals surface area (Å²) in [5.74, 6) is -0.0165. The zero-order chi connectivity index (χ0) is 31.8. The van der Waals surface area contributed by atoms with Crippen molar-refractivity contribution < 1.29 is 13.7 Å². The fourth-order valence-corrected chi connectivity index (χ4v) is 11.5. The zero-order valence-electron chi connectivity index (χ0n) is 26.5. The highest BCUT2D eigenvalue weighted by Crippen LogP contribution is 2.40. The van der Waals surface area contributed by atoms with Gasteiger partial charge in [0.05, 0.1) is 11.1 Å². The van der Waals surface area contributed by atoms with Crippen molar-refractivity contribution in [2.75, 3.05) is 4.90 Å². The lowest BCUT2D eigenvalue weighted by molar-refractivity contribution is 0.0930. The summed E-state index contributed by atoms with van der Waals surface area (Å²) in [7, 11) is -2.72. The van der Waals surface area contributed by atoms with E-state index in [9.17, 15) is 9.59 Å². The van der Waals surface area contributed by atoms with Gasteiger partial charge in [-0.3, -0.25) is 14.5 Å². The molecule has 1 saturated carbocycles. The lowest BCUT2D eigenvalue weighted by Crippen LogP contribution is -2.68. The minimum Gasteiger partial charge on any atom is -0.404 e. The Balaban J connectivity index is 1.32. The van der Waals surface area contributed by atoms with E-state index in [0.29, 0.717) is 35.5 Å². The summed E-state index contributed by atoms with van der Waals surface area (Å²) in [4.78, 5) is 36.7. The zero-order valence-corrected chi connectivity index (χ0v) is 27.5. The molecule has 45 heavy (non-hydrogen) atoms. The fraction of sp³-hybridized carbons (Fsp3) is 0.333. The first-order valence-corrected chi connectivity index (χ1v) is 17.5. The maximum absolute atomic E-state index is 14.3. The summed E-state index contributed by atoms with van der Waals surface area (Å²) in [5, 5.41) is 6.90. The molecule has 1 N–H and O–H groups in total. The number of fused-ring (bicyclic) bond motifs is 1. The van der Waals surface area contributed by atoms with Gasteiger partial charge in [-0.05, 0) is 67.1 Å². The lowest BCUT2D eigenvalue weighted by Gasteiger charge is -2.46. The molecule has 5 aromatic rings. The Labute approximate surface area is 264 Å². The third kappa shape index (κ3) is 5.55. The third-order valence-electron chi connectivity index (χ3n) is 9.22. The van der Waals surface area contributed by atoms with Gasteiger partial charge in [-0.25, -0.2) is 4.98 Å². The van der Waals surface area contributed by atoms with Crippen LogP contribution in [-0.4, -0.2) is 41.5 Å². The molecule has 0 unspecified atom stereocenters. The third-order valence-corrected chi connectivity index (χ3v) is 14.3. The molecule has 6 rings (SSSR count). The molecule has 0 saturated heterocycles. The number of nitrogens with one attached hydrogen (secondary N) is 1. The largest absolute Gasteiger partial charge is 0.404 e. The molecule has 9 heteroatoms. The second-order valence-electron chi connectivity index (χ2n) is 13.0. The molecule has 8 nitrogen and oxygen atoms in total. The van der Waals surface area contributed by atoms with Crippen LogP contribution in [0.1, 0.15) is 68.1 Å². The molecule has 0 radical (unpaired) electrons. The summed E-state index contributed by atoms with van der Waals surface area (Å²) in [6, 6.07) is 24.5. The van der Waals surface area contributed by atoms with Crippen molar-refractivity contribution in [3.05, 3.63) is 112 Å². The number of amides is 1.